The van der Waals surface area contributed by atoms with Crippen LogP contribution in [-0.4, -0.2) is 54.9 Å². The second kappa shape index (κ2) is 12.2. The number of nitrogens with one attached hydrogen (secondary N) is 2. The minimum Gasteiger partial charge on any atom is -0.451 e. The van der Waals surface area contributed by atoms with E-state index < -0.39 is 46.7 Å². The number of rotatable bonds is 8. The van der Waals surface area contributed by atoms with E-state index in [1.807, 2.05) is 91.0 Å². The van der Waals surface area contributed by atoms with Crippen molar-refractivity contribution in [1.82, 2.24) is 25.0 Å². The van der Waals surface area contributed by atoms with Crippen LogP contribution in [0.4, 0.5) is 0 Å². The Morgan fingerprint density at radius 2 is 1.52 bits per heavy atom. The van der Waals surface area contributed by atoms with E-state index in [-0.39, 0.29) is 23.6 Å². The number of ether oxygens (including phenoxy) is 1. The first-order valence-corrected chi connectivity index (χ1v) is 14.8. The summed E-state index contributed by atoms with van der Waals surface area (Å²) in [7, 11) is 1.36. The lowest BCUT2D eigenvalue weighted by molar-refractivity contribution is -0.164. The molecule has 3 atom stereocenters. The Hall–Kier alpha value is -5.23. The molecular weight excluding hydrogens is 582 g/mol. The summed E-state index contributed by atoms with van der Waals surface area (Å²) in [5.41, 5.74) is 0.586. The molecule has 2 unspecified atom stereocenters. The molecule has 2 amide bonds. The third-order valence-corrected chi connectivity index (χ3v) is 8.59. The van der Waals surface area contributed by atoms with Crippen molar-refractivity contribution in [3.05, 3.63) is 140 Å². The number of carbonyl (C=O) groups is 3. The first-order chi connectivity index (χ1) is 21.3. The largest absolute Gasteiger partial charge is 0.451 e. The molecule has 2 aliphatic rings. The molecule has 0 spiro atoms. The van der Waals surface area contributed by atoms with Crippen LogP contribution in [0.5, 0.6) is 0 Å². The summed E-state index contributed by atoms with van der Waals surface area (Å²) in [5, 5.41) is 7.83. The highest BCUT2D eigenvalue weighted by Gasteiger charge is 2.57. The van der Waals surface area contributed by atoms with Crippen LogP contribution >= 0.6 is 11.8 Å². The average Bonchev–Trinajstić information content (AvgIpc) is 3.04. The summed E-state index contributed by atoms with van der Waals surface area (Å²) >= 11 is 1.17. The Morgan fingerprint density at radius 3 is 2.14 bits per heavy atom. The fraction of sp³-hybridized carbons (Fsp3) is 0.188. The minimum absolute atomic E-state index is 0.0851. The van der Waals surface area contributed by atoms with Gasteiger partial charge in [0.15, 0.2) is 17.8 Å². The van der Waals surface area contributed by atoms with Gasteiger partial charge in [-0.3, -0.25) is 19.4 Å². The third kappa shape index (κ3) is 5.59. The van der Waals surface area contributed by atoms with E-state index in [4.69, 9.17) is 4.74 Å². The molecule has 2 N–H and O–H groups in total. The number of amides is 2. The van der Waals surface area contributed by atoms with Crippen LogP contribution in [0.2, 0.25) is 0 Å². The van der Waals surface area contributed by atoms with Crippen molar-refractivity contribution in [3.8, 4) is 0 Å². The average molecular weight is 610 g/mol. The Kier molecular flexibility index (Phi) is 7.99. The Balaban J connectivity index is 1.34. The number of β-lactam (4-membered cyclic amide) rings is 1. The molecule has 3 heterocycles. The van der Waals surface area contributed by atoms with Crippen LogP contribution in [0.3, 0.4) is 0 Å². The highest BCUT2D eigenvalue weighted by Crippen LogP contribution is 2.43. The molecule has 6 rings (SSSR count). The lowest BCUT2D eigenvalue weighted by Gasteiger charge is -2.51. The number of aromatic amines is 1. The quantitative estimate of drug-likeness (QED) is 0.229. The van der Waals surface area contributed by atoms with Gasteiger partial charge in [-0.2, -0.15) is 5.10 Å². The van der Waals surface area contributed by atoms with E-state index in [2.05, 4.69) is 15.4 Å². The molecule has 12 heteroatoms. The lowest BCUT2D eigenvalue weighted by atomic mass is 9.95. The summed E-state index contributed by atoms with van der Waals surface area (Å²) in [4.78, 5) is 69.0. The number of hydrogen-bond donors (Lipinski definition) is 2. The second-order valence-corrected chi connectivity index (χ2v) is 11.3. The van der Waals surface area contributed by atoms with Gasteiger partial charge >= 0.3 is 11.7 Å². The summed E-state index contributed by atoms with van der Waals surface area (Å²) < 4.78 is 7.07. The second-order valence-electron chi connectivity index (χ2n) is 10.3. The first-order valence-electron chi connectivity index (χ1n) is 13.8. The first kappa shape index (κ1) is 28.9. The molecule has 1 saturated heterocycles. The predicted octanol–water partition coefficient (Wildman–Crippen LogP) is 2.15. The Morgan fingerprint density at radius 1 is 0.932 bits per heavy atom. The highest BCUT2D eigenvalue weighted by atomic mass is 32.2. The number of nitrogens with zero attached hydrogens (tertiary/aromatic N) is 3. The number of aryl methyl sites for hydroxylation is 1. The van der Waals surface area contributed by atoms with Crippen LogP contribution in [0, 0.1) is 0 Å². The van der Waals surface area contributed by atoms with Crippen molar-refractivity contribution in [2.75, 3.05) is 0 Å². The van der Waals surface area contributed by atoms with Gasteiger partial charge in [0.2, 0.25) is 11.8 Å². The molecule has 0 aliphatic carbocycles. The van der Waals surface area contributed by atoms with Crippen LogP contribution in [0.1, 0.15) is 28.5 Å². The molecule has 0 bridgehead atoms. The number of H-pyrrole nitrogens is 1. The minimum atomic E-state index is -1.36. The number of hydrogen-bond acceptors (Lipinski definition) is 8. The number of thioether (sulfide) groups is 1. The van der Waals surface area contributed by atoms with Crippen molar-refractivity contribution < 1.29 is 19.1 Å². The van der Waals surface area contributed by atoms with Gasteiger partial charge in [-0.25, -0.2) is 14.3 Å². The van der Waals surface area contributed by atoms with Gasteiger partial charge in [0.1, 0.15) is 11.4 Å². The lowest BCUT2D eigenvalue weighted by Crippen LogP contribution is -2.74. The maximum Gasteiger partial charge on any atom is 0.344 e. The van der Waals surface area contributed by atoms with Crippen LogP contribution < -0.4 is 16.6 Å². The smallest absolute Gasteiger partial charge is 0.344 e. The zero-order valence-corrected chi connectivity index (χ0v) is 24.3. The third-order valence-electron chi connectivity index (χ3n) is 7.43. The summed E-state index contributed by atoms with van der Waals surface area (Å²) in [6.07, 6.45) is -0.731. The van der Waals surface area contributed by atoms with Gasteiger partial charge in [0.05, 0.1) is 6.42 Å². The molecule has 44 heavy (non-hydrogen) atoms. The van der Waals surface area contributed by atoms with Crippen molar-refractivity contribution in [3.63, 3.8) is 0 Å². The molecule has 4 aromatic rings. The summed E-state index contributed by atoms with van der Waals surface area (Å²) in [6, 6.07) is 25.2. The maximum atomic E-state index is 14.1. The number of carbonyl (C=O) groups excluding carboxylic acids is 3. The van der Waals surface area contributed by atoms with Crippen LogP contribution in [0.15, 0.2) is 106 Å². The Bertz CT molecular complexity index is 1820. The van der Waals surface area contributed by atoms with E-state index in [1.165, 1.54) is 23.7 Å². The van der Waals surface area contributed by atoms with Crippen molar-refractivity contribution in [2.24, 2.45) is 7.05 Å². The fourth-order valence-corrected chi connectivity index (χ4v) is 6.48. The van der Waals surface area contributed by atoms with Crippen molar-refractivity contribution >= 4 is 35.1 Å². The molecule has 0 saturated carbocycles. The Labute approximate surface area is 255 Å². The number of benzene rings is 3. The molecule has 2 aliphatic heterocycles. The number of aromatic nitrogens is 3. The standard InChI is InChI=1S/C32H27N5O6S/c1-36-32(42)34-28(39)24(35-36)22-18-44-30-25(33-23(38)17-19-11-5-2-6-12-19)29(40)37(30)26(22)31(41)43-27(20-13-7-3-8-14-20)21-15-9-4-10-16-21/h2-16,18,25-27,30H,17H2,1H3,(H,33,38)(H,34,39,42)/t25?,26?,30-/m1/s1. The van der Waals surface area contributed by atoms with E-state index >= 15 is 0 Å². The van der Waals surface area contributed by atoms with Crippen molar-refractivity contribution in [2.45, 2.75) is 30.0 Å². The number of esters is 1. The molecular formula is C32H27N5O6S. The molecule has 222 valence electrons. The fourth-order valence-electron chi connectivity index (χ4n) is 5.26. The van der Waals surface area contributed by atoms with Gasteiger partial charge < -0.3 is 15.0 Å². The molecule has 1 aromatic heterocycles. The number of fused-ring (bicyclic) bond motifs is 1. The molecule has 1 fully saturated rings. The summed E-state index contributed by atoms with van der Waals surface area (Å²) in [5.74, 6) is -1.64. The SMILES string of the molecule is Cn1nc(C2=CS[C@@H]3C(NC(=O)Cc4ccccc4)C(=O)N3C2C(=O)OC(c2ccccc2)c2ccccc2)c(=O)[nH]c1=O. The topological polar surface area (TPSA) is 143 Å². The zero-order valence-electron chi connectivity index (χ0n) is 23.5. The van der Waals surface area contributed by atoms with Gasteiger partial charge in [0.25, 0.3) is 5.56 Å². The van der Waals surface area contributed by atoms with Gasteiger partial charge in [0, 0.05) is 12.6 Å². The van der Waals surface area contributed by atoms with Gasteiger partial charge in [-0.05, 0) is 22.1 Å². The van der Waals surface area contributed by atoms with Crippen LogP contribution in [0.25, 0.3) is 5.57 Å². The highest BCUT2D eigenvalue weighted by molar-refractivity contribution is 8.03. The predicted molar refractivity (Wildman–Crippen MR) is 163 cm³/mol. The molecule has 11 nitrogen and oxygen atoms in total. The monoisotopic (exact) mass is 609 g/mol. The normalized spacial score (nSPS) is 19.0. The molecule has 0 radical (unpaired) electrons. The van der Waals surface area contributed by atoms with Gasteiger partial charge in [-0.1, -0.05) is 91.0 Å². The van der Waals surface area contributed by atoms with E-state index in [0.717, 1.165) is 10.2 Å². The van der Waals surface area contributed by atoms with Crippen LogP contribution in [-0.2, 0) is 32.6 Å². The molecule has 3 aromatic carbocycles. The van der Waals surface area contributed by atoms with Gasteiger partial charge in [-0.15, -0.1) is 11.8 Å². The summed E-state index contributed by atoms with van der Waals surface area (Å²) in [6.45, 7) is 0. The van der Waals surface area contributed by atoms with E-state index in [9.17, 15) is 24.0 Å². The zero-order chi connectivity index (χ0) is 30.8. The van der Waals surface area contributed by atoms with Crippen molar-refractivity contribution in [1.29, 1.82) is 0 Å². The maximum absolute atomic E-state index is 14.1. The van der Waals surface area contributed by atoms with E-state index in [0.29, 0.717) is 11.1 Å². The van der Waals surface area contributed by atoms with E-state index in [1.54, 1.807) is 5.41 Å².